The second-order valence-electron chi connectivity index (χ2n) is 6.07. The third kappa shape index (κ3) is 4.96. The number of carbonyl (C=O) groups is 2. The van der Waals surface area contributed by atoms with Crippen LogP contribution >= 0.6 is 0 Å². The van der Waals surface area contributed by atoms with Crippen molar-refractivity contribution in [1.82, 2.24) is 10.2 Å². The Morgan fingerprint density at radius 1 is 1.26 bits per heavy atom. The Labute approximate surface area is 136 Å². The van der Waals surface area contributed by atoms with Crippen molar-refractivity contribution in [3.63, 3.8) is 0 Å². The van der Waals surface area contributed by atoms with E-state index in [-0.39, 0.29) is 12.5 Å². The van der Waals surface area contributed by atoms with Crippen LogP contribution in [0.4, 0.5) is 10.5 Å². The second kappa shape index (κ2) is 7.97. The van der Waals surface area contributed by atoms with Crippen LogP contribution in [0, 0.1) is 6.92 Å². The summed E-state index contributed by atoms with van der Waals surface area (Å²) in [5, 5.41) is 14.4. The van der Waals surface area contributed by atoms with Gasteiger partial charge in [-0.2, -0.15) is 0 Å². The lowest BCUT2D eigenvalue weighted by molar-refractivity contribution is 0.0723. The lowest BCUT2D eigenvalue weighted by Crippen LogP contribution is -2.36. The van der Waals surface area contributed by atoms with E-state index in [2.05, 4.69) is 10.6 Å². The van der Waals surface area contributed by atoms with Gasteiger partial charge >= 0.3 is 6.03 Å². The summed E-state index contributed by atoms with van der Waals surface area (Å²) in [4.78, 5) is 26.3. The number of aliphatic hydroxyl groups is 1. The number of piperidine rings is 1. The van der Waals surface area contributed by atoms with Gasteiger partial charge in [-0.1, -0.05) is 6.07 Å². The molecule has 0 saturated carbocycles. The largest absolute Gasteiger partial charge is 0.392 e. The predicted octanol–water partition coefficient (Wildman–Crippen LogP) is 2.12. The van der Waals surface area contributed by atoms with Gasteiger partial charge in [0.1, 0.15) is 0 Å². The lowest BCUT2D eigenvalue weighted by atomic mass is 10.0. The number of aryl methyl sites for hydroxylation is 1. The zero-order valence-corrected chi connectivity index (χ0v) is 13.8. The van der Waals surface area contributed by atoms with E-state index in [4.69, 9.17) is 0 Å². The molecule has 0 spiro atoms. The molecule has 3 N–H and O–H groups in total. The predicted molar refractivity (Wildman–Crippen MR) is 89.6 cm³/mol. The number of nitrogens with zero attached hydrogens (tertiary/aromatic N) is 1. The topological polar surface area (TPSA) is 81.7 Å². The number of likely N-dealkylation sites (tertiary alicyclic amines) is 1. The highest BCUT2D eigenvalue weighted by atomic mass is 16.3. The lowest BCUT2D eigenvalue weighted by Gasteiger charge is -2.27. The van der Waals surface area contributed by atoms with Crippen LogP contribution in [-0.4, -0.2) is 47.7 Å². The summed E-state index contributed by atoms with van der Waals surface area (Å²) in [7, 11) is 0. The molecule has 1 aliphatic heterocycles. The Morgan fingerprint density at radius 3 is 2.61 bits per heavy atom. The van der Waals surface area contributed by atoms with Crippen LogP contribution in [0.2, 0.25) is 0 Å². The summed E-state index contributed by atoms with van der Waals surface area (Å²) < 4.78 is 0. The zero-order valence-electron chi connectivity index (χ0n) is 13.8. The fraction of sp³-hybridized carbons (Fsp3) is 0.529. The molecule has 0 bridgehead atoms. The number of anilines is 1. The first-order chi connectivity index (χ1) is 11.0. The van der Waals surface area contributed by atoms with Crippen molar-refractivity contribution in [2.24, 2.45) is 0 Å². The van der Waals surface area contributed by atoms with Crippen molar-refractivity contribution < 1.29 is 14.7 Å². The maximum Gasteiger partial charge on any atom is 0.319 e. The third-order valence-electron chi connectivity index (χ3n) is 3.93. The summed E-state index contributed by atoms with van der Waals surface area (Å²) >= 11 is 0. The third-order valence-corrected chi connectivity index (χ3v) is 3.93. The first kappa shape index (κ1) is 17.3. The van der Waals surface area contributed by atoms with Gasteiger partial charge in [-0.25, -0.2) is 4.79 Å². The number of benzene rings is 1. The molecule has 0 unspecified atom stereocenters. The molecule has 1 aliphatic rings. The molecule has 1 aromatic carbocycles. The quantitative estimate of drug-likeness (QED) is 0.795. The SMILES string of the molecule is Cc1ccc(NC(=O)NC[C@H](C)O)cc1C(=O)N1CCCCC1. The summed E-state index contributed by atoms with van der Waals surface area (Å²) in [5.74, 6) is 0.0234. The number of rotatable bonds is 4. The van der Waals surface area contributed by atoms with Gasteiger partial charge in [0.25, 0.3) is 5.91 Å². The van der Waals surface area contributed by atoms with Crippen LogP contribution in [0.25, 0.3) is 0 Å². The molecule has 0 aromatic heterocycles. The molecule has 126 valence electrons. The van der Waals surface area contributed by atoms with Crippen molar-refractivity contribution >= 4 is 17.6 Å². The van der Waals surface area contributed by atoms with E-state index in [1.165, 1.54) is 6.42 Å². The summed E-state index contributed by atoms with van der Waals surface area (Å²) in [6, 6.07) is 4.92. The van der Waals surface area contributed by atoms with Crippen LogP contribution in [0.3, 0.4) is 0 Å². The fourth-order valence-corrected chi connectivity index (χ4v) is 2.61. The van der Waals surface area contributed by atoms with E-state index in [9.17, 15) is 14.7 Å². The molecule has 1 atom stereocenters. The number of carbonyl (C=O) groups excluding carboxylic acids is 2. The number of urea groups is 1. The zero-order chi connectivity index (χ0) is 16.8. The first-order valence-corrected chi connectivity index (χ1v) is 8.10. The highest BCUT2D eigenvalue weighted by molar-refractivity contribution is 5.98. The van der Waals surface area contributed by atoms with Crippen LogP contribution in [0.5, 0.6) is 0 Å². The first-order valence-electron chi connectivity index (χ1n) is 8.10. The Hall–Kier alpha value is -2.08. The fourth-order valence-electron chi connectivity index (χ4n) is 2.61. The molecule has 2 rings (SSSR count). The summed E-state index contributed by atoms with van der Waals surface area (Å²) in [5.41, 5.74) is 2.09. The molecule has 3 amide bonds. The normalized spacial score (nSPS) is 15.9. The van der Waals surface area contributed by atoms with Gasteiger partial charge in [-0.05, 0) is 50.8 Å². The summed E-state index contributed by atoms with van der Waals surface area (Å²) in [6.07, 6.45) is 2.66. The molecular formula is C17H25N3O3. The molecule has 23 heavy (non-hydrogen) atoms. The molecule has 6 heteroatoms. The average molecular weight is 319 g/mol. The standard InChI is InChI=1S/C17H25N3O3/c1-12-6-7-14(19-17(23)18-11-13(2)21)10-15(12)16(22)20-8-4-3-5-9-20/h6-7,10,13,21H,3-5,8-9,11H2,1-2H3,(H2,18,19,23)/t13-/m0/s1. The van der Waals surface area contributed by atoms with E-state index >= 15 is 0 Å². The average Bonchev–Trinajstić information content (AvgIpc) is 2.55. The second-order valence-corrected chi connectivity index (χ2v) is 6.07. The van der Waals surface area contributed by atoms with E-state index in [0.29, 0.717) is 11.3 Å². The Balaban J connectivity index is 2.06. The van der Waals surface area contributed by atoms with Gasteiger partial charge in [0.2, 0.25) is 0 Å². The van der Waals surface area contributed by atoms with Gasteiger partial charge < -0.3 is 20.6 Å². The van der Waals surface area contributed by atoms with Crippen molar-refractivity contribution in [2.45, 2.75) is 39.2 Å². The van der Waals surface area contributed by atoms with Gasteiger partial charge in [-0.3, -0.25) is 4.79 Å². The van der Waals surface area contributed by atoms with E-state index in [1.54, 1.807) is 19.1 Å². The molecule has 6 nitrogen and oxygen atoms in total. The van der Waals surface area contributed by atoms with Crippen molar-refractivity contribution in [3.8, 4) is 0 Å². The number of hydrogen-bond donors (Lipinski definition) is 3. The van der Waals surface area contributed by atoms with E-state index in [0.717, 1.165) is 31.5 Å². The minimum Gasteiger partial charge on any atom is -0.392 e. The Morgan fingerprint density at radius 2 is 1.96 bits per heavy atom. The van der Waals surface area contributed by atoms with E-state index in [1.807, 2.05) is 17.9 Å². The number of amides is 3. The molecule has 1 saturated heterocycles. The van der Waals surface area contributed by atoms with Crippen LogP contribution < -0.4 is 10.6 Å². The molecule has 1 fully saturated rings. The maximum absolute atomic E-state index is 12.6. The van der Waals surface area contributed by atoms with Crippen molar-refractivity contribution in [3.05, 3.63) is 29.3 Å². The minimum atomic E-state index is -0.602. The maximum atomic E-state index is 12.6. The monoisotopic (exact) mass is 319 g/mol. The number of nitrogens with one attached hydrogen (secondary N) is 2. The Bertz CT molecular complexity index is 566. The van der Waals surface area contributed by atoms with E-state index < -0.39 is 12.1 Å². The molecule has 1 heterocycles. The van der Waals surface area contributed by atoms with Crippen molar-refractivity contribution in [2.75, 3.05) is 25.0 Å². The molecule has 0 radical (unpaired) electrons. The molecular weight excluding hydrogens is 294 g/mol. The highest BCUT2D eigenvalue weighted by Crippen LogP contribution is 2.19. The van der Waals surface area contributed by atoms with Gasteiger partial charge in [-0.15, -0.1) is 0 Å². The van der Waals surface area contributed by atoms with Gasteiger partial charge in [0.05, 0.1) is 6.10 Å². The summed E-state index contributed by atoms with van der Waals surface area (Å²) in [6.45, 7) is 5.27. The molecule has 0 aliphatic carbocycles. The number of aliphatic hydroxyl groups excluding tert-OH is 1. The van der Waals surface area contributed by atoms with Crippen LogP contribution in [0.15, 0.2) is 18.2 Å². The highest BCUT2D eigenvalue weighted by Gasteiger charge is 2.20. The number of hydrogen-bond acceptors (Lipinski definition) is 3. The smallest absolute Gasteiger partial charge is 0.319 e. The minimum absolute atomic E-state index is 0.0234. The van der Waals surface area contributed by atoms with Gasteiger partial charge in [0, 0.05) is 30.9 Å². The van der Waals surface area contributed by atoms with Crippen LogP contribution in [-0.2, 0) is 0 Å². The van der Waals surface area contributed by atoms with Crippen molar-refractivity contribution in [1.29, 1.82) is 0 Å². The van der Waals surface area contributed by atoms with Crippen LogP contribution in [0.1, 0.15) is 42.1 Å². The van der Waals surface area contributed by atoms with Gasteiger partial charge in [0.15, 0.2) is 0 Å². The Kier molecular flexibility index (Phi) is 5.98. The molecule has 1 aromatic rings.